The van der Waals surface area contributed by atoms with E-state index in [4.69, 9.17) is 4.74 Å². The van der Waals surface area contributed by atoms with E-state index in [-0.39, 0.29) is 22.8 Å². The Kier molecular flexibility index (Phi) is 6.27. The van der Waals surface area contributed by atoms with E-state index >= 15 is 0 Å². The molecule has 1 atom stereocenters. The highest BCUT2D eigenvalue weighted by atomic mass is 79.9. The van der Waals surface area contributed by atoms with Crippen LogP contribution in [0.1, 0.15) is 36.9 Å². The number of ether oxygens (including phenoxy) is 1. The lowest BCUT2D eigenvalue weighted by atomic mass is 9.95. The van der Waals surface area contributed by atoms with Gasteiger partial charge in [0, 0.05) is 16.6 Å². The van der Waals surface area contributed by atoms with Crippen molar-refractivity contribution in [2.45, 2.75) is 25.8 Å². The zero-order valence-electron chi connectivity index (χ0n) is 16.2. The maximum absolute atomic E-state index is 12.8. The number of rotatable bonds is 6. The number of hydrogen-bond acceptors (Lipinski definition) is 5. The first-order chi connectivity index (χ1) is 13.9. The number of phenols is 1. The lowest BCUT2D eigenvalue weighted by Gasteiger charge is -2.25. The van der Waals surface area contributed by atoms with Crippen molar-refractivity contribution in [1.82, 2.24) is 4.90 Å². The number of halogens is 1. The van der Waals surface area contributed by atoms with Gasteiger partial charge in [-0.15, -0.1) is 0 Å². The molecule has 152 valence electrons. The SMILES string of the molecule is CCCCN1C(=O)C(=O)/C(=C(\O)c2ccc(Br)cc2)C1c1ccc(OC)c(O)c1. The van der Waals surface area contributed by atoms with E-state index in [2.05, 4.69) is 15.9 Å². The summed E-state index contributed by atoms with van der Waals surface area (Å²) in [6.45, 7) is 2.36. The minimum atomic E-state index is -0.790. The average Bonchev–Trinajstić information content (AvgIpc) is 2.96. The fourth-order valence-electron chi connectivity index (χ4n) is 3.43. The van der Waals surface area contributed by atoms with E-state index in [0.29, 0.717) is 24.1 Å². The second-order valence-corrected chi connectivity index (χ2v) is 7.70. The second-order valence-electron chi connectivity index (χ2n) is 6.78. The molecule has 0 bridgehead atoms. The molecule has 2 aromatic carbocycles. The van der Waals surface area contributed by atoms with Gasteiger partial charge < -0.3 is 19.8 Å². The van der Waals surface area contributed by atoms with Crippen LogP contribution in [0.2, 0.25) is 0 Å². The summed E-state index contributed by atoms with van der Waals surface area (Å²) in [6, 6.07) is 10.8. The number of aliphatic hydroxyl groups excluding tert-OH is 1. The number of aliphatic hydroxyl groups is 1. The molecule has 1 saturated heterocycles. The van der Waals surface area contributed by atoms with Gasteiger partial charge in [0.25, 0.3) is 11.7 Å². The molecule has 0 saturated carbocycles. The smallest absolute Gasteiger partial charge is 0.295 e. The van der Waals surface area contributed by atoms with Crippen LogP contribution >= 0.6 is 15.9 Å². The van der Waals surface area contributed by atoms with Gasteiger partial charge in [0.2, 0.25) is 0 Å². The molecule has 0 spiro atoms. The molecule has 1 heterocycles. The minimum absolute atomic E-state index is 0.0120. The summed E-state index contributed by atoms with van der Waals surface area (Å²) in [5.74, 6) is -1.45. The minimum Gasteiger partial charge on any atom is -0.507 e. The van der Waals surface area contributed by atoms with Crippen molar-refractivity contribution in [2.75, 3.05) is 13.7 Å². The van der Waals surface area contributed by atoms with Crippen LogP contribution in [0.5, 0.6) is 11.5 Å². The van der Waals surface area contributed by atoms with Crippen LogP contribution in [0, 0.1) is 0 Å². The number of nitrogens with zero attached hydrogens (tertiary/aromatic N) is 1. The summed E-state index contributed by atoms with van der Waals surface area (Å²) in [4.78, 5) is 27.0. The predicted octanol–water partition coefficient (Wildman–Crippen LogP) is 4.39. The average molecular weight is 460 g/mol. The van der Waals surface area contributed by atoms with Crippen molar-refractivity contribution in [2.24, 2.45) is 0 Å². The molecule has 0 aromatic heterocycles. The number of carbonyl (C=O) groups is 2. The third-order valence-corrected chi connectivity index (χ3v) is 5.46. The summed E-state index contributed by atoms with van der Waals surface area (Å²) in [7, 11) is 1.44. The Morgan fingerprint density at radius 2 is 1.86 bits per heavy atom. The van der Waals surface area contributed by atoms with Crippen LogP contribution in [-0.4, -0.2) is 40.5 Å². The van der Waals surface area contributed by atoms with E-state index in [0.717, 1.165) is 10.9 Å². The molecule has 2 N–H and O–H groups in total. The first-order valence-corrected chi connectivity index (χ1v) is 10.1. The molecule has 6 nitrogen and oxygen atoms in total. The monoisotopic (exact) mass is 459 g/mol. The number of ketones is 1. The van der Waals surface area contributed by atoms with E-state index in [1.807, 2.05) is 6.92 Å². The number of unbranched alkanes of at least 4 members (excludes halogenated alkanes) is 1. The van der Waals surface area contributed by atoms with Gasteiger partial charge in [0.1, 0.15) is 5.76 Å². The highest BCUT2D eigenvalue weighted by Gasteiger charge is 2.45. The molecule has 7 heteroatoms. The summed E-state index contributed by atoms with van der Waals surface area (Å²) in [5.41, 5.74) is 0.972. The van der Waals surface area contributed by atoms with Crippen molar-refractivity contribution >= 4 is 33.4 Å². The van der Waals surface area contributed by atoms with Gasteiger partial charge >= 0.3 is 0 Å². The molecule has 3 rings (SSSR count). The quantitative estimate of drug-likeness (QED) is 0.380. The number of carbonyl (C=O) groups excluding carboxylic acids is 2. The molecule has 0 radical (unpaired) electrons. The molecule has 1 aliphatic rings. The van der Waals surface area contributed by atoms with Crippen LogP contribution in [0.3, 0.4) is 0 Å². The Morgan fingerprint density at radius 3 is 2.45 bits per heavy atom. The number of methoxy groups -OCH3 is 1. The summed E-state index contributed by atoms with van der Waals surface area (Å²) < 4.78 is 5.92. The number of phenolic OH excluding ortho intramolecular Hbond substituents is 1. The number of Topliss-reactive ketones (excluding diaryl/α,β-unsaturated/α-hetero) is 1. The number of aromatic hydroxyl groups is 1. The van der Waals surface area contributed by atoms with Gasteiger partial charge in [-0.05, 0) is 36.2 Å². The zero-order valence-corrected chi connectivity index (χ0v) is 17.8. The Bertz CT molecular complexity index is 968. The van der Waals surface area contributed by atoms with Gasteiger partial charge in [0.05, 0.1) is 18.7 Å². The molecular weight excluding hydrogens is 438 g/mol. The van der Waals surface area contributed by atoms with Crippen molar-refractivity contribution < 1.29 is 24.5 Å². The van der Waals surface area contributed by atoms with Gasteiger partial charge in [-0.2, -0.15) is 0 Å². The standard InChI is InChI=1S/C22H22BrNO5/c1-3-4-11-24-19(14-7-10-17(29-2)16(25)12-14)18(21(27)22(24)28)20(26)13-5-8-15(23)9-6-13/h5-10,12,19,25-26H,3-4,11H2,1-2H3/b20-18-. The van der Waals surface area contributed by atoms with Crippen molar-refractivity contribution in [3.05, 3.63) is 63.6 Å². The predicted molar refractivity (Wildman–Crippen MR) is 113 cm³/mol. The first-order valence-electron chi connectivity index (χ1n) is 9.30. The van der Waals surface area contributed by atoms with E-state index in [9.17, 15) is 19.8 Å². The third kappa shape index (κ3) is 4.00. The number of likely N-dealkylation sites (tertiary alicyclic amines) is 1. The first kappa shape index (κ1) is 20.9. The van der Waals surface area contributed by atoms with E-state index in [1.54, 1.807) is 36.4 Å². The van der Waals surface area contributed by atoms with Gasteiger partial charge in [-0.3, -0.25) is 9.59 Å². The second kappa shape index (κ2) is 8.69. The fraction of sp³-hybridized carbons (Fsp3) is 0.273. The lowest BCUT2D eigenvalue weighted by molar-refractivity contribution is -0.139. The number of amides is 1. The van der Waals surface area contributed by atoms with E-state index < -0.39 is 17.7 Å². The van der Waals surface area contributed by atoms with Gasteiger partial charge in [-0.25, -0.2) is 0 Å². The molecule has 1 aliphatic heterocycles. The fourth-order valence-corrected chi connectivity index (χ4v) is 3.69. The highest BCUT2D eigenvalue weighted by Crippen LogP contribution is 2.41. The Balaban J connectivity index is 2.17. The summed E-state index contributed by atoms with van der Waals surface area (Å²) in [5, 5.41) is 21.1. The number of hydrogen-bond donors (Lipinski definition) is 2. The zero-order chi connectivity index (χ0) is 21.1. The van der Waals surface area contributed by atoms with Crippen molar-refractivity contribution in [3.63, 3.8) is 0 Å². The molecule has 1 amide bonds. The molecule has 1 fully saturated rings. The molecule has 2 aromatic rings. The highest BCUT2D eigenvalue weighted by molar-refractivity contribution is 9.10. The van der Waals surface area contributed by atoms with Crippen LogP contribution < -0.4 is 4.74 Å². The largest absolute Gasteiger partial charge is 0.507 e. The lowest BCUT2D eigenvalue weighted by Crippen LogP contribution is -2.30. The van der Waals surface area contributed by atoms with Gasteiger partial charge in [-0.1, -0.05) is 47.5 Å². The van der Waals surface area contributed by atoms with Crippen LogP contribution in [0.25, 0.3) is 5.76 Å². The maximum atomic E-state index is 12.8. The topological polar surface area (TPSA) is 87.1 Å². The van der Waals surface area contributed by atoms with Crippen LogP contribution in [-0.2, 0) is 9.59 Å². The molecule has 1 unspecified atom stereocenters. The summed E-state index contributed by atoms with van der Waals surface area (Å²) >= 11 is 3.34. The van der Waals surface area contributed by atoms with Crippen LogP contribution in [0.4, 0.5) is 0 Å². The Labute approximate surface area is 177 Å². The maximum Gasteiger partial charge on any atom is 0.295 e. The normalized spacial score (nSPS) is 18.3. The third-order valence-electron chi connectivity index (χ3n) is 4.93. The van der Waals surface area contributed by atoms with E-state index in [1.165, 1.54) is 18.1 Å². The van der Waals surface area contributed by atoms with Crippen LogP contribution in [0.15, 0.2) is 52.5 Å². The Hall–Kier alpha value is -2.80. The van der Waals surface area contributed by atoms with Crippen molar-refractivity contribution in [3.8, 4) is 11.5 Å². The molecule has 29 heavy (non-hydrogen) atoms. The summed E-state index contributed by atoms with van der Waals surface area (Å²) in [6.07, 6.45) is 1.56. The number of benzene rings is 2. The molecule has 0 aliphatic carbocycles. The Morgan fingerprint density at radius 1 is 1.17 bits per heavy atom. The molecular formula is C22H22BrNO5. The van der Waals surface area contributed by atoms with Gasteiger partial charge in [0.15, 0.2) is 11.5 Å². The van der Waals surface area contributed by atoms with Crippen molar-refractivity contribution in [1.29, 1.82) is 0 Å².